The minimum absolute atomic E-state index is 0.125. The van der Waals surface area contributed by atoms with E-state index in [-0.39, 0.29) is 5.56 Å². The normalized spacial score (nSPS) is 11.5. The lowest BCUT2D eigenvalue weighted by molar-refractivity contribution is 0.519. The van der Waals surface area contributed by atoms with Crippen molar-refractivity contribution in [3.8, 4) is 27.6 Å². The lowest BCUT2D eigenvalue weighted by Crippen LogP contribution is -2.16. The van der Waals surface area contributed by atoms with Gasteiger partial charge in [-0.25, -0.2) is 4.98 Å². The number of hydrogen-bond donors (Lipinski definition) is 1. The van der Waals surface area contributed by atoms with Gasteiger partial charge in [-0.05, 0) is 35.2 Å². The molecule has 0 fully saturated rings. The molecule has 5 nitrogen and oxygen atoms in total. The Bertz CT molecular complexity index is 1490. The Hall–Kier alpha value is -3.90. The van der Waals surface area contributed by atoms with Crippen LogP contribution in [0.1, 0.15) is 11.5 Å². The van der Waals surface area contributed by atoms with E-state index >= 15 is 0 Å². The topological polar surface area (TPSA) is 63.8 Å². The maximum absolute atomic E-state index is 13.2. The second-order valence-electron chi connectivity index (χ2n) is 7.37. The van der Waals surface area contributed by atoms with Gasteiger partial charge in [0.05, 0.1) is 23.3 Å². The van der Waals surface area contributed by atoms with E-state index in [1.165, 1.54) is 10.1 Å². The Morgan fingerprint density at radius 3 is 2.65 bits per heavy atom. The van der Waals surface area contributed by atoms with E-state index in [4.69, 9.17) is 9.40 Å². The van der Waals surface area contributed by atoms with Crippen LogP contribution < -0.4 is 5.56 Å². The first kappa shape index (κ1) is 17.9. The van der Waals surface area contributed by atoms with Gasteiger partial charge in [0.15, 0.2) is 5.82 Å². The molecule has 4 aromatic rings. The van der Waals surface area contributed by atoms with Gasteiger partial charge in [0.1, 0.15) is 17.1 Å². The van der Waals surface area contributed by atoms with Crippen LogP contribution >= 0.6 is 11.3 Å². The molecule has 2 aromatic carbocycles. The third-order valence-corrected chi connectivity index (χ3v) is 6.49. The first-order valence-electron chi connectivity index (χ1n) is 9.97. The number of furan rings is 1. The highest BCUT2D eigenvalue weighted by Crippen LogP contribution is 2.36. The van der Waals surface area contributed by atoms with Crippen LogP contribution in [0.5, 0.6) is 0 Å². The Morgan fingerprint density at radius 2 is 1.84 bits per heavy atom. The molecule has 0 saturated carbocycles. The van der Waals surface area contributed by atoms with Gasteiger partial charge in [-0.3, -0.25) is 9.36 Å². The predicted molar refractivity (Wildman–Crippen MR) is 123 cm³/mol. The van der Waals surface area contributed by atoms with Crippen molar-refractivity contribution in [1.82, 2.24) is 14.5 Å². The minimum atomic E-state index is -0.125. The van der Waals surface area contributed by atoms with Crippen LogP contribution in [0.25, 0.3) is 37.7 Å². The van der Waals surface area contributed by atoms with Gasteiger partial charge in [-0.15, -0.1) is 11.3 Å². The highest BCUT2D eigenvalue weighted by atomic mass is 32.1. The van der Waals surface area contributed by atoms with Crippen molar-refractivity contribution < 1.29 is 4.42 Å². The molecule has 0 atom stereocenters. The van der Waals surface area contributed by atoms with Crippen LogP contribution in [-0.4, -0.2) is 14.5 Å². The first-order chi connectivity index (χ1) is 15.3. The molecule has 0 bridgehead atoms. The van der Waals surface area contributed by atoms with Crippen molar-refractivity contribution in [3.05, 3.63) is 107 Å². The quantitative estimate of drug-likeness (QED) is 0.394. The van der Waals surface area contributed by atoms with Crippen molar-refractivity contribution in [3.63, 3.8) is 0 Å². The number of fused-ring (bicyclic) bond motifs is 2. The van der Waals surface area contributed by atoms with E-state index in [1.807, 2.05) is 60.8 Å². The third-order valence-electron chi connectivity index (χ3n) is 5.35. The van der Waals surface area contributed by atoms with Gasteiger partial charge in [-0.1, -0.05) is 48.5 Å². The third kappa shape index (κ3) is 3.08. The molecule has 1 N–H and O–H groups in total. The van der Waals surface area contributed by atoms with Crippen molar-refractivity contribution in [2.45, 2.75) is 6.42 Å². The van der Waals surface area contributed by atoms with Crippen LogP contribution in [0.3, 0.4) is 0 Å². The van der Waals surface area contributed by atoms with E-state index in [2.05, 4.69) is 23.2 Å². The molecule has 150 valence electrons. The second-order valence-corrected chi connectivity index (χ2v) is 8.45. The molecule has 0 spiro atoms. The molecule has 2 aliphatic heterocycles. The molecule has 31 heavy (non-hydrogen) atoms. The summed E-state index contributed by atoms with van der Waals surface area (Å²) < 4.78 is 8.29. The van der Waals surface area contributed by atoms with Crippen molar-refractivity contribution in [1.29, 1.82) is 0 Å². The molecule has 0 aliphatic carbocycles. The monoisotopic (exact) mass is 423 g/mol. The Kier molecular flexibility index (Phi) is 4.11. The van der Waals surface area contributed by atoms with Crippen LogP contribution in [0, 0.1) is 0 Å². The zero-order valence-corrected chi connectivity index (χ0v) is 17.2. The van der Waals surface area contributed by atoms with E-state index in [9.17, 15) is 4.79 Å². The maximum Gasteiger partial charge on any atom is 0.278 e. The van der Waals surface area contributed by atoms with Crippen molar-refractivity contribution >= 4 is 21.4 Å². The van der Waals surface area contributed by atoms with E-state index in [1.54, 1.807) is 22.2 Å². The van der Waals surface area contributed by atoms with E-state index in [0.29, 0.717) is 17.9 Å². The summed E-state index contributed by atoms with van der Waals surface area (Å²) >= 11 is 1.68. The molecule has 0 unspecified atom stereocenters. The molecule has 0 saturated heterocycles. The number of aromatic amines is 1. The SMILES string of the molecule is O=c1c(Cc2ccco2)nc2c(-c3cc4ccccc4s3)[nH]c(-c3ccccc3)cn1-2. The lowest BCUT2D eigenvalue weighted by Gasteiger charge is -2.12. The van der Waals surface area contributed by atoms with Crippen LogP contribution in [0.2, 0.25) is 0 Å². The largest absolute Gasteiger partial charge is 0.469 e. The van der Waals surface area contributed by atoms with Crippen LogP contribution in [0.15, 0.2) is 94.5 Å². The van der Waals surface area contributed by atoms with Crippen LogP contribution in [0.4, 0.5) is 0 Å². The Labute approximate surface area is 181 Å². The number of imidazole rings is 1. The van der Waals surface area contributed by atoms with Gasteiger partial charge in [0.25, 0.3) is 5.56 Å². The standard InChI is InChI=1S/C25H17N3O2S/c29-25-19(14-18-10-6-12-30-18)27-24-23(22-13-17-9-4-5-11-21(17)31-22)26-20(15-28(24)25)16-7-2-1-3-8-16/h1-13,15,26H,14H2. The Balaban J connectivity index is 1.60. The summed E-state index contributed by atoms with van der Waals surface area (Å²) in [7, 11) is 0. The van der Waals surface area contributed by atoms with Gasteiger partial charge in [0, 0.05) is 10.9 Å². The molecule has 0 radical (unpaired) electrons. The van der Waals surface area contributed by atoms with Gasteiger partial charge < -0.3 is 9.40 Å². The summed E-state index contributed by atoms with van der Waals surface area (Å²) in [5, 5.41) is 1.17. The number of benzene rings is 2. The number of aromatic nitrogens is 3. The number of hydrogen-bond acceptors (Lipinski definition) is 4. The molecular weight excluding hydrogens is 406 g/mol. The molecule has 2 aliphatic rings. The number of nitrogens with one attached hydrogen (secondary N) is 1. The predicted octanol–water partition coefficient (Wildman–Crippen LogP) is 5.73. The number of rotatable bonds is 4. The highest BCUT2D eigenvalue weighted by molar-refractivity contribution is 7.22. The first-order valence-corrected chi connectivity index (χ1v) is 10.8. The van der Waals surface area contributed by atoms with Crippen molar-refractivity contribution in [2.24, 2.45) is 0 Å². The maximum atomic E-state index is 13.2. The minimum Gasteiger partial charge on any atom is -0.469 e. The average Bonchev–Trinajstić information content (AvgIpc) is 3.54. The molecule has 6 rings (SSSR count). The van der Waals surface area contributed by atoms with Gasteiger partial charge in [-0.2, -0.15) is 0 Å². The number of H-pyrrole nitrogens is 1. The summed E-state index contributed by atoms with van der Waals surface area (Å²) in [6, 6.07) is 24.1. The summed E-state index contributed by atoms with van der Waals surface area (Å²) in [6.07, 6.45) is 3.81. The fraction of sp³-hybridized carbons (Fsp3) is 0.0400. The number of thiophene rings is 1. The molecule has 4 heterocycles. The lowest BCUT2D eigenvalue weighted by atomic mass is 10.1. The average molecular weight is 423 g/mol. The summed E-state index contributed by atoms with van der Waals surface area (Å²) in [6.45, 7) is 0. The molecular formula is C25H17N3O2S. The second kappa shape index (κ2) is 7.11. The summed E-state index contributed by atoms with van der Waals surface area (Å²) in [4.78, 5) is 22.6. The number of nitrogens with zero attached hydrogens (tertiary/aromatic N) is 2. The zero-order chi connectivity index (χ0) is 20.8. The molecule has 2 aromatic heterocycles. The summed E-state index contributed by atoms with van der Waals surface area (Å²) in [5.74, 6) is 1.34. The smallest absolute Gasteiger partial charge is 0.278 e. The van der Waals surface area contributed by atoms with Gasteiger partial charge >= 0.3 is 0 Å². The zero-order valence-electron chi connectivity index (χ0n) is 16.4. The van der Waals surface area contributed by atoms with E-state index in [0.717, 1.165) is 27.6 Å². The highest BCUT2D eigenvalue weighted by Gasteiger charge is 2.22. The molecule has 6 heteroatoms. The molecule has 0 amide bonds. The van der Waals surface area contributed by atoms with Gasteiger partial charge in [0.2, 0.25) is 0 Å². The van der Waals surface area contributed by atoms with Crippen molar-refractivity contribution in [2.75, 3.05) is 0 Å². The fourth-order valence-corrected chi connectivity index (χ4v) is 4.91. The van der Waals surface area contributed by atoms with E-state index < -0.39 is 0 Å². The summed E-state index contributed by atoms with van der Waals surface area (Å²) in [5.41, 5.74) is 3.05. The Morgan fingerprint density at radius 1 is 1.00 bits per heavy atom. The van der Waals surface area contributed by atoms with Crippen LogP contribution in [-0.2, 0) is 6.42 Å². The fourth-order valence-electron chi connectivity index (χ4n) is 3.85.